The number of sulfonamides is 1. The van der Waals surface area contributed by atoms with E-state index in [2.05, 4.69) is 20.3 Å². The van der Waals surface area contributed by atoms with Crippen molar-refractivity contribution in [2.24, 2.45) is 11.4 Å². The smallest absolute Gasteiger partial charge is 0.285 e. The normalized spacial score (nSPS) is 13.0. The topological polar surface area (TPSA) is 51.4 Å². The van der Waals surface area contributed by atoms with Crippen LogP contribution < -0.4 is 4.80 Å². The Morgan fingerprint density at radius 3 is 2.55 bits per heavy atom. The zero-order valence-electron chi connectivity index (χ0n) is 11.3. The van der Waals surface area contributed by atoms with Crippen molar-refractivity contribution in [3.63, 3.8) is 0 Å². The van der Waals surface area contributed by atoms with Crippen molar-refractivity contribution in [1.29, 1.82) is 0 Å². The van der Waals surface area contributed by atoms with Crippen molar-refractivity contribution in [3.05, 3.63) is 56.8 Å². The van der Waals surface area contributed by atoms with Crippen LogP contribution in [0.2, 0.25) is 5.02 Å². The first kappa shape index (κ1) is 15.7. The second kappa shape index (κ2) is 5.81. The first-order valence-electron chi connectivity index (χ1n) is 6.18. The van der Waals surface area contributed by atoms with E-state index in [9.17, 15) is 8.42 Å². The Balaban J connectivity index is 2.19. The molecule has 0 atom stereocenters. The number of thiazole rings is 1. The highest BCUT2D eigenvalue weighted by Crippen LogP contribution is 2.22. The van der Waals surface area contributed by atoms with E-state index in [1.165, 1.54) is 35.6 Å². The Hall–Kier alpha value is -1.15. The summed E-state index contributed by atoms with van der Waals surface area (Å²) in [6.07, 6.45) is 0. The van der Waals surface area contributed by atoms with Gasteiger partial charge in [-0.25, -0.2) is 0 Å². The van der Waals surface area contributed by atoms with Crippen LogP contribution in [0.5, 0.6) is 0 Å². The molecule has 0 bridgehead atoms. The first-order valence-corrected chi connectivity index (χ1v) is 9.61. The monoisotopic (exact) mass is 416 g/mol. The molecule has 0 amide bonds. The molecule has 0 N–H and O–H groups in total. The largest absolute Gasteiger partial charge is 0.319 e. The minimum absolute atomic E-state index is 0.121. The fourth-order valence-electron chi connectivity index (χ4n) is 1.96. The number of rotatable bonds is 2. The Morgan fingerprint density at radius 1 is 1.18 bits per heavy atom. The van der Waals surface area contributed by atoms with E-state index in [-0.39, 0.29) is 4.90 Å². The van der Waals surface area contributed by atoms with E-state index in [4.69, 9.17) is 11.6 Å². The number of aromatic nitrogens is 1. The van der Waals surface area contributed by atoms with Crippen molar-refractivity contribution in [2.75, 3.05) is 0 Å². The van der Waals surface area contributed by atoms with Crippen LogP contribution in [0.1, 0.15) is 0 Å². The number of fused-ring (bicyclic) bond motifs is 1. The van der Waals surface area contributed by atoms with E-state index >= 15 is 0 Å². The third-order valence-corrected chi connectivity index (χ3v) is 6.32. The quantitative estimate of drug-likeness (QED) is 0.634. The van der Waals surface area contributed by atoms with Crippen LogP contribution in [-0.2, 0) is 17.1 Å². The number of halogens is 2. The second-order valence-electron chi connectivity index (χ2n) is 4.58. The molecule has 0 aliphatic rings. The Labute approximate surface area is 144 Å². The third kappa shape index (κ3) is 2.99. The maximum absolute atomic E-state index is 12.4. The molecule has 1 aromatic heterocycles. The van der Waals surface area contributed by atoms with Crippen molar-refractivity contribution in [1.82, 2.24) is 4.57 Å². The third-order valence-electron chi connectivity index (χ3n) is 3.08. The van der Waals surface area contributed by atoms with E-state index in [1.54, 1.807) is 11.6 Å². The number of benzene rings is 2. The van der Waals surface area contributed by atoms with Gasteiger partial charge in [0.25, 0.3) is 10.0 Å². The van der Waals surface area contributed by atoms with Crippen LogP contribution in [-0.4, -0.2) is 13.0 Å². The SMILES string of the molecule is Cn1c(=NS(=O)(=O)c2ccc(Cl)cc2)sc2cc(Br)ccc21. The number of nitrogens with zero attached hydrogens (tertiary/aromatic N) is 2. The molecule has 4 nitrogen and oxygen atoms in total. The molecule has 0 spiro atoms. The molecule has 8 heteroatoms. The van der Waals surface area contributed by atoms with Gasteiger partial charge < -0.3 is 4.57 Å². The Bertz CT molecular complexity index is 1020. The molecule has 0 aliphatic carbocycles. The van der Waals surface area contributed by atoms with Gasteiger partial charge in [0.05, 0.1) is 15.1 Å². The number of aryl methyl sites for hydroxylation is 1. The summed E-state index contributed by atoms with van der Waals surface area (Å²) in [7, 11) is -1.97. The van der Waals surface area contributed by atoms with Crippen LogP contribution in [0, 0.1) is 0 Å². The summed E-state index contributed by atoms with van der Waals surface area (Å²) in [4.78, 5) is 0.540. The lowest BCUT2D eigenvalue weighted by atomic mass is 10.3. The van der Waals surface area contributed by atoms with Crippen LogP contribution in [0.4, 0.5) is 0 Å². The molecule has 0 unspecified atom stereocenters. The van der Waals surface area contributed by atoms with Crippen LogP contribution in [0.15, 0.2) is 56.2 Å². The molecular formula is C14H10BrClN2O2S2. The van der Waals surface area contributed by atoms with Gasteiger partial charge in [-0.2, -0.15) is 8.42 Å². The summed E-state index contributed by atoms with van der Waals surface area (Å²) >= 11 is 10.5. The molecule has 22 heavy (non-hydrogen) atoms. The molecule has 2 aromatic carbocycles. The maximum atomic E-state index is 12.4. The summed E-state index contributed by atoms with van der Waals surface area (Å²) in [5.41, 5.74) is 0.929. The van der Waals surface area contributed by atoms with Gasteiger partial charge in [-0.15, -0.1) is 4.40 Å². The molecule has 0 aliphatic heterocycles. The molecule has 0 radical (unpaired) electrons. The molecule has 0 saturated carbocycles. The van der Waals surface area contributed by atoms with Crippen molar-refractivity contribution >= 4 is 59.1 Å². The molecule has 0 fully saturated rings. The van der Waals surface area contributed by atoms with Crippen molar-refractivity contribution < 1.29 is 8.42 Å². The van der Waals surface area contributed by atoms with Gasteiger partial charge in [0.2, 0.25) is 4.80 Å². The molecule has 114 valence electrons. The van der Waals surface area contributed by atoms with E-state index in [1.807, 2.05) is 18.2 Å². The molecule has 3 rings (SSSR count). The highest BCUT2D eigenvalue weighted by Gasteiger charge is 2.13. The van der Waals surface area contributed by atoms with Gasteiger partial charge in [-0.3, -0.25) is 0 Å². The van der Waals surface area contributed by atoms with Crippen LogP contribution in [0.3, 0.4) is 0 Å². The van der Waals surface area contributed by atoms with Gasteiger partial charge in [0, 0.05) is 16.5 Å². The predicted octanol–water partition coefficient (Wildman–Crippen LogP) is 3.95. The minimum atomic E-state index is -3.77. The minimum Gasteiger partial charge on any atom is -0.319 e. The molecule has 0 saturated heterocycles. The fraction of sp³-hybridized carbons (Fsp3) is 0.0714. The zero-order chi connectivity index (χ0) is 15.9. The number of hydrogen-bond acceptors (Lipinski definition) is 3. The van der Waals surface area contributed by atoms with Gasteiger partial charge in [-0.05, 0) is 42.5 Å². The Morgan fingerprint density at radius 2 is 1.86 bits per heavy atom. The standard InChI is InChI=1S/C14H10BrClN2O2S2/c1-18-12-7-2-9(15)8-13(12)21-14(18)17-22(19,20)11-5-3-10(16)4-6-11/h2-8H,1H3. The lowest BCUT2D eigenvalue weighted by molar-refractivity contribution is 0.596. The van der Waals surface area contributed by atoms with E-state index in [0.717, 1.165) is 14.7 Å². The summed E-state index contributed by atoms with van der Waals surface area (Å²) in [6.45, 7) is 0. The average Bonchev–Trinajstić information content (AvgIpc) is 2.74. The molecule has 3 aromatic rings. The number of hydrogen-bond donors (Lipinski definition) is 0. The summed E-state index contributed by atoms with van der Waals surface area (Å²) < 4.78 is 32.4. The highest BCUT2D eigenvalue weighted by molar-refractivity contribution is 9.10. The second-order valence-corrected chi connectivity index (χ2v) is 8.54. The van der Waals surface area contributed by atoms with E-state index < -0.39 is 10.0 Å². The lowest BCUT2D eigenvalue weighted by Crippen LogP contribution is -2.13. The summed E-state index contributed by atoms with van der Waals surface area (Å²) in [6, 6.07) is 11.7. The Kier molecular flexibility index (Phi) is 4.15. The van der Waals surface area contributed by atoms with Crippen LogP contribution >= 0.6 is 38.9 Å². The van der Waals surface area contributed by atoms with E-state index in [0.29, 0.717) is 9.82 Å². The zero-order valence-corrected chi connectivity index (χ0v) is 15.3. The fourth-order valence-corrected chi connectivity index (χ4v) is 4.88. The maximum Gasteiger partial charge on any atom is 0.285 e. The van der Waals surface area contributed by atoms with Gasteiger partial charge >= 0.3 is 0 Å². The van der Waals surface area contributed by atoms with Crippen LogP contribution in [0.25, 0.3) is 10.2 Å². The first-order chi connectivity index (χ1) is 10.4. The van der Waals surface area contributed by atoms with Gasteiger partial charge in [-0.1, -0.05) is 38.9 Å². The molecular weight excluding hydrogens is 408 g/mol. The summed E-state index contributed by atoms with van der Waals surface area (Å²) in [5.74, 6) is 0. The van der Waals surface area contributed by atoms with Gasteiger partial charge in [0.15, 0.2) is 0 Å². The molecule has 1 heterocycles. The highest BCUT2D eigenvalue weighted by atomic mass is 79.9. The van der Waals surface area contributed by atoms with Crippen molar-refractivity contribution in [3.8, 4) is 0 Å². The van der Waals surface area contributed by atoms with Crippen molar-refractivity contribution in [2.45, 2.75) is 4.90 Å². The predicted molar refractivity (Wildman–Crippen MR) is 92.7 cm³/mol. The van der Waals surface area contributed by atoms with Gasteiger partial charge in [0.1, 0.15) is 0 Å². The summed E-state index contributed by atoms with van der Waals surface area (Å²) in [5, 5.41) is 0.483. The lowest BCUT2D eigenvalue weighted by Gasteiger charge is -1.99. The average molecular weight is 418 g/mol.